The minimum Gasteiger partial charge on any atom is -0.489 e. The van der Waals surface area contributed by atoms with Gasteiger partial charge in [-0.25, -0.2) is 0 Å². The maximum Gasteiger partial charge on any atom is 0.142 e. The van der Waals surface area contributed by atoms with Crippen LogP contribution < -0.4 is 10.1 Å². The van der Waals surface area contributed by atoms with Gasteiger partial charge in [-0.05, 0) is 30.2 Å². The molecule has 0 radical (unpaired) electrons. The summed E-state index contributed by atoms with van der Waals surface area (Å²) in [5, 5.41) is 3.53. The lowest BCUT2D eigenvalue weighted by Gasteiger charge is -2.28. The highest BCUT2D eigenvalue weighted by Crippen LogP contribution is 2.33. The quantitative estimate of drug-likeness (QED) is 0.801. The van der Waals surface area contributed by atoms with Crippen LogP contribution >= 0.6 is 0 Å². The van der Waals surface area contributed by atoms with Crippen LogP contribution in [0.2, 0.25) is 0 Å². The molecule has 0 fully saturated rings. The van der Waals surface area contributed by atoms with E-state index in [1.165, 1.54) is 11.1 Å². The van der Waals surface area contributed by atoms with Crippen molar-refractivity contribution in [2.75, 3.05) is 11.9 Å². The van der Waals surface area contributed by atoms with Gasteiger partial charge in [0.15, 0.2) is 0 Å². The van der Waals surface area contributed by atoms with Crippen LogP contribution in [0.5, 0.6) is 5.75 Å². The molecule has 17 heavy (non-hydrogen) atoms. The van der Waals surface area contributed by atoms with Crippen molar-refractivity contribution in [3.05, 3.63) is 59.7 Å². The Bertz CT molecular complexity index is 536. The maximum atomic E-state index is 5.78. The van der Waals surface area contributed by atoms with Gasteiger partial charge in [-0.2, -0.15) is 0 Å². The van der Waals surface area contributed by atoms with Crippen LogP contribution in [0.25, 0.3) is 0 Å². The van der Waals surface area contributed by atoms with Crippen molar-refractivity contribution in [2.24, 2.45) is 0 Å². The van der Waals surface area contributed by atoms with Crippen LogP contribution in [-0.2, 0) is 0 Å². The van der Waals surface area contributed by atoms with Crippen molar-refractivity contribution in [1.29, 1.82) is 0 Å². The zero-order chi connectivity index (χ0) is 11.7. The smallest absolute Gasteiger partial charge is 0.142 e. The molecule has 1 aliphatic rings. The van der Waals surface area contributed by atoms with Crippen LogP contribution in [0.1, 0.15) is 17.2 Å². The molecule has 86 valence electrons. The fourth-order valence-corrected chi connectivity index (χ4v) is 2.26. The minimum absolute atomic E-state index is 0.242. The highest BCUT2D eigenvalue weighted by molar-refractivity contribution is 5.59. The van der Waals surface area contributed by atoms with Crippen molar-refractivity contribution in [1.82, 2.24) is 0 Å². The summed E-state index contributed by atoms with van der Waals surface area (Å²) in [6.45, 7) is 2.82. The van der Waals surface area contributed by atoms with Crippen LogP contribution in [0.3, 0.4) is 0 Å². The molecule has 1 aliphatic heterocycles. The molecule has 0 bridgehead atoms. The van der Waals surface area contributed by atoms with Gasteiger partial charge in [-0.1, -0.05) is 36.4 Å². The molecule has 1 unspecified atom stereocenters. The molecule has 2 aromatic rings. The second-order valence-electron chi connectivity index (χ2n) is 4.36. The first-order valence-electron chi connectivity index (χ1n) is 5.88. The van der Waals surface area contributed by atoms with Gasteiger partial charge in [0.05, 0.1) is 11.7 Å². The summed E-state index contributed by atoms with van der Waals surface area (Å²) < 4.78 is 5.78. The first-order valence-corrected chi connectivity index (χ1v) is 5.88. The highest BCUT2D eigenvalue weighted by Gasteiger charge is 2.20. The third-order valence-corrected chi connectivity index (χ3v) is 3.19. The molecule has 0 aromatic heterocycles. The molecular formula is C15H15NO. The Morgan fingerprint density at radius 2 is 1.82 bits per heavy atom. The number of benzene rings is 2. The van der Waals surface area contributed by atoms with Crippen LogP contribution in [0.15, 0.2) is 48.5 Å². The van der Waals surface area contributed by atoms with Gasteiger partial charge in [0.25, 0.3) is 0 Å². The molecule has 3 rings (SSSR count). The number of anilines is 1. The number of rotatable bonds is 1. The summed E-state index contributed by atoms with van der Waals surface area (Å²) in [5.74, 6) is 0.942. The molecule has 0 saturated heterocycles. The lowest BCUT2D eigenvalue weighted by atomic mass is 10.0. The van der Waals surface area contributed by atoms with E-state index in [-0.39, 0.29) is 6.04 Å². The topological polar surface area (TPSA) is 21.3 Å². The van der Waals surface area contributed by atoms with Crippen molar-refractivity contribution in [2.45, 2.75) is 13.0 Å². The van der Waals surface area contributed by atoms with Gasteiger partial charge in [0, 0.05) is 0 Å². The van der Waals surface area contributed by atoms with Crippen LogP contribution in [0, 0.1) is 6.92 Å². The maximum absolute atomic E-state index is 5.78. The van der Waals surface area contributed by atoms with E-state index >= 15 is 0 Å². The first kappa shape index (κ1) is 10.2. The molecule has 0 spiro atoms. The molecule has 0 amide bonds. The summed E-state index contributed by atoms with van der Waals surface area (Å²) in [6, 6.07) is 16.7. The molecular weight excluding hydrogens is 210 g/mol. The van der Waals surface area contributed by atoms with Gasteiger partial charge in [0.2, 0.25) is 0 Å². The van der Waals surface area contributed by atoms with Gasteiger partial charge in [0.1, 0.15) is 12.4 Å². The second-order valence-corrected chi connectivity index (χ2v) is 4.36. The van der Waals surface area contributed by atoms with E-state index in [0.29, 0.717) is 6.61 Å². The van der Waals surface area contributed by atoms with Gasteiger partial charge in [-0.3, -0.25) is 0 Å². The molecule has 2 heteroatoms. The minimum atomic E-state index is 0.242. The SMILES string of the molecule is Cc1ccccc1C1COc2ccccc2N1. The van der Waals surface area contributed by atoms with E-state index in [1.54, 1.807) is 0 Å². The Kier molecular flexibility index (Phi) is 2.48. The predicted octanol–water partition coefficient (Wildman–Crippen LogP) is 3.54. The lowest BCUT2D eigenvalue weighted by molar-refractivity contribution is 0.286. The Balaban J connectivity index is 1.92. The van der Waals surface area contributed by atoms with E-state index in [0.717, 1.165) is 11.4 Å². The Labute approximate surface area is 101 Å². The molecule has 2 aromatic carbocycles. The number of ether oxygens (including phenoxy) is 1. The summed E-state index contributed by atoms with van der Waals surface area (Å²) in [5.41, 5.74) is 3.68. The largest absolute Gasteiger partial charge is 0.489 e. The number of fused-ring (bicyclic) bond motifs is 1. The summed E-state index contributed by atoms with van der Waals surface area (Å²) >= 11 is 0. The fraction of sp³-hybridized carbons (Fsp3) is 0.200. The number of aryl methyl sites for hydroxylation is 1. The number of para-hydroxylation sites is 2. The fourth-order valence-electron chi connectivity index (χ4n) is 2.26. The van der Waals surface area contributed by atoms with Crippen molar-refractivity contribution >= 4 is 5.69 Å². The second kappa shape index (κ2) is 4.13. The molecule has 1 heterocycles. The van der Waals surface area contributed by atoms with Crippen molar-refractivity contribution < 1.29 is 4.74 Å². The molecule has 1 N–H and O–H groups in total. The third kappa shape index (κ3) is 1.86. The molecule has 2 nitrogen and oxygen atoms in total. The first-order chi connectivity index (χ1) is 8.34. The van der Waals surface area contributed by atoms with E-state index in [1.807, 2.05) is 18.2 Å². The zero-order valence-corrected chi connectivity index (χ0v) is 9.81. The van der Waals surface area contributed by atoms with Crippen molar-refractivity contribution in [3.63, 3.8) is 0 Å². The predicted molar refractivity (Wildman–Crippen MR) is 69.5 cm³/mol. The van der Waals surface area contributed by atoms with E-state index in [9.17, 15) is 0 Å². The number of hydrogen-bond acceptors (Lipinski definition) is 2. The monoisotopic (exact) mass is 225 g/mol. The molecule has 0 aliphatic carbocycles. The Hall–Kier alpha value is -1.96. The number of hydrogen-bond donors (Lipinski definition) is 1. The Morgan fingerprint density at radius 3 is 2.71 bits per heavy atom. The van der Waals surface area contributed by atoms with E-state index in [2.05, 4.69) is 42.6 Å². The van der Waals surface area contributed by atoms with E-state index in [4.69, 9.17) is 4.74 Å². The standard InChI is InChI=1S/C15H15NO/c1-11-6-2-3-7-12(11)14-10-17-15-9-5-4-8-13(15)16-14/h2-9,14,16H,10H2,1H3. The number of nitrogens with one attached hydrogen (secondary N) is 1. The average molecular weight is 225 g/mol. The molecule has 0 saturated carbocycles. The zero-order valence-electron chi connectivity index (χ0n) is 9.81. The van der Waals surface area contributed by atoms with Gasteiger partial charge < -0.3 is 10.1 Å². The third-order valence-electron chi connectivity index (χ3n) is 3.19. The van der Waals surface area contributed by atoms with Crippen LogP contribution in [-0.4, -0.2) is 6.61 Å². The normalized spacial score (nSPS) is 17.8. The van der Waals surface area contributed by atoms with Gasteiger partial charge >= 0.3 is 0 Å². The lowest BCUT2D eigenvalue weighted by Crippen LogP contribution is -2.24. The molecule has 1 atom stereocenters. The average Bonchev–Trinajstić information content (AvgIpc) is 2.39. The summed E-state index contributed by atoms with van der Waals surface area (Å²) in [4.78, 5) is 0. The van der Waals surface area contributed by atoms with Crippen LogP contribution in [0.4, 0.5) is 5.69 Å². The summed E-state index contributed by atoms with van der Waals surface area (Å²) in [7, 11) is 0. The van der Waals surface area contributed by atoms with E-state index < -0.39 is 0 Å². The Morgan fingerprint density at radius 1 is 1.06 bits per heavy atom. The summed E-state index contributed by atoms with van der Waals surface area (Å²) in [6.07, 6.45) is 0. The highest BCUT2D eigenvalue weighted by atomic mass is 16.5. The van der Waals surface area contributed by atoms with Gasteiger partial charge in [-0.15, -0.1) is 0 Å². The van der Waals surface area contributed by atoms with Crippen molar-refractivity contribution in [3.8, 4) is 5.75 Å².